The number of carbonyl (C=O) groups is 1. The van der Waals surface area contributed by atoms with Gasteiger partial charge in [0, 0.05) is 12.1 Å². The monoisotopic (exact) mass is 248 g/mol. The summed E-state index contributed by atoms with van der Waals surface area (Å²) < 4.78 is 0. The van der Waals surface area contributed by atoms with Crippen molar-refractivity contribution in [1.82, 2.24) is 0 Å². The fourth-order valence-electron chi connectivity index (χ4n) is 1.90. The summed E-state index contributed by atoms with van der Waals surface area (Å²) in [6, 6.07) is 7.84. The van der Waals surface area contributed by atoms with E-state index >= 15 is 0 Å². The van der Waals surface area contributed by atoms with E-state index in [9.17, 15) is 4.79 Å². The summed E-state index contributed by atoms with van der Waals surface area (Å²) in [5, 5.41) is 2.91. The van der Waals surface area contributed by atoms with Gasteiger partial charge in [0.1, 0.15) is 0 Å². The van der Waals surface area contributed by atoms with Crippen LogP contribution in [0.1, 0.15) is 32.3 Å². The van der Waals surface area contributed by atoms with E-state index < -0.39 is 0 Å². The number of amides is 1. The molecule has 0 aromatic heterocycles. The molecule has 1 unspecified atom stereocenters. The fraction of sp³-hybridized carbons (Fsp3) is 0.533. The number of hydrogen-bond acceptors (Lipinski definition) is 2. The smallest absolute Gasteiger partial charge is 0.224 e. The van der Waals surface area contributed by atoms with Gasteiger partial charge in [0.15, 0.2) is 0 Å². The zero-order valence-electron chi connectivity index (χ0n) is 11.6. The van der Waals surface area contributed by atoms with Gasteiger partial charge < -0.3 is 11.1 Å². The fourth-order valence-corrected chi connectivity index (χ4v) is 1.90. The Balaban J connectivity index is 2.40. The van der Waals surface area contributed by atoms with E-state index in [2.05, 4.69) is 19.2 Å². The van der Waals surface area contributed by atoms with E-state index in [0.29, 0.717) is 24.8 Å². The van der Waals surface area contributed by atoms with E-state index in [-0.39, 0.29) is 5.91 Å². The molecule has 3 heteroatoms. The van der Waals surface area contributed by atoms with Crippen LogP contribution in [-0.4, -0.2) is 12.5 Å². The molecule has 0 saturated heterocycles. The number of hydrogen-bond donors (Lipinski definition) is 2. The largest absolute Gasteiger partial charge is 0.330 e. The van der Waals surface area contributed by atoms with Crippen molar-refractivity contribution in [2.24, 2.45) is 17.6 Å². The van der Waals surface area contributed by atoms with Gasteiger partial charge >= 0.3 is 0 Å². The third-order valence-corrected chi connectivity index (χ3v) is 3.32. The van der Waals surface area contributed by atoms with Crippen molar-refractivity contribution in [2.45, 2.75) is 33.6 Å². The Kier molecular flexibility index (Phi) is 5.86. The van der Waals surface area contributed by atoms with Gasteiger partial charge in [-0.2, -0.15) is 0 Å². The molecule has 0 heterocycles. The van der Waals surface area contributed by atoms with Gasteiger partial charge in [-0.3, -0.25) is 4.79 Å². The molecule has 1 aromatic rings. The van der Waals surface area contributed by atoms with Gasteiger partial charge in [0.25, 0.3) is 0 Å². The Morgan fingerprint density at radius 1 is 1.28 bits per heavy atom. The van der Waals surface area contributed by atoms with Gasteiger partial charge in [-0.05, 0) is 43.9 Å². The van der Waals surface area contributed by atoms with Crippen LogP contribution >= 0.6 is 0 Å². The molecule has 100 valence electrons. The Hall–Kier alpha value is -1.35. The predicted molar refractivity (Wildman–Crippen MR) is 76.4 cm³/mol. The number of nitrogens with two attached hydrogens (primary N) is 1. The van der Waals surface area contributed by atoms with Crippen LogP contribution in [0.4, 0.5) is 5.69 Å². The molecule has 0 aliphatic carbocycles. The molecule has 0 aliphatic heterocycles. The highest BCUT2D eigenvalue weighted by molar-refractivity contribution is 5.90. The maximum atomic E-state index is 11.8. The first-order valence-electron chi connectivity index (χ1n) is 6.59. The van der Waals surface area contributed by atoms with E-state index in [1.54, 1.807) is 0 Å². The number of carbonyl (C=O) groups excluding carboxylic acids is 1. The number of anilines is 1. The molecule has 0 bridgehead atoms. The lowest BCUT2D eigenvalue weighted by atomic mass is 9.91. The standard InChI is InChI=1S/C15H24N2O/c1-11(2)13(10-16)6-9-15(18)17-14-7-4-12(3)5-8-14/h4-5,7-8,11,13H,6,9-10,16H2,1-3H3,(H,17,18). The predicted octanol–water partition coefficient (Wildman–Crippen LogP) is 2.94. The average molecular weight is 248 g/mol. The maximum Gasteiger partial charge on any atom is 0.224 e. The number of aryl methyl sites for hydroxylation is 1. The van der Waals surface area contributed by atoms with Gasteiger partial charge in [0.05, 0.1) is 0 Å². The Morgan fingerprint density at radius 2 is 1.89 bits per heavy atom. The second-order valence-electron chi connectivity index (χ2n) is 5.19. The lowest BCUT2D eigenvalue weighted by Gasteiger charge is -2.18. The lowest BCUT2D eigenvalue weighted by molar-refractivity contribution is -0.116. The highest BCUT2D eigenvalue weighted by atomic mass is 16.1. The first-order valence-corrected chi connectivity index (χ1v) is 6.59. The zero-order chi connectivity index (χ0) is 13.5. The Morgan fingerprint density at radius 3 is 2.39 bits per heavy atom. The van der Waals surface area contributed by atoms with Crippen LogP contribution in [0.15, 0.2) is 24.3 Å². The number of benzene rings is 1. The molecule has 3 N–H and O–H groups in total. The van der Waals surface area contributed by atoms with Crippen LogP contribution in [0, 0.1) is 18.8 Å². The summed E-state index contributed by atoms with van der Waals surface area (Å²) in [4.78, 5) is 11.8. The van der Waals surface area contributed by atoms with Crippen molar-refractivity contribution in [3.05, 3.63) is 29.8 Å². The van der Waals surface area contributed by atoms with E-state index in [4.69, 9.17) is 5.73 Å². The summed E-state index contributed by atoms with van der Waals surface area (Å²) in [7, 11) is 0. The van der Waals surface area contributed by atoms with E-state index in [1.165, 1.54) is 5.56 Å². The summed E-state index contributed by atoms with van der Waals surface area (Å²) in [6.07, 6.45) is 1.39. The maximum absolute atomic E-state index is 11.8. The Labute approximate surface area is 110 Å². The Bertz CT molecular complexity index is 371. The quantitative estimate of drug-likeness (QED) is 0.813. The second kappa shape index (κ2) is 7.17. The SMILES string of the molecule is Cc1ccc(NC(=O)CCC(CN)C(C)C)cc1. The highest BCUT2D eigenvalue weighted by Crippen LogP contribution is 2.16. The molecule has 1 amide bonds. The molecule has 0 saturated carbocycles. The molecule has 1 rings (SSSR count). The van der Waals surface area contributed by atoms with Crippen molar-refractivity contribution in [1.29, 1.82) is 0 Å². The molecule has 0 radical (unpaired) electrons. The van der Waals surface area contributed by atoms with Gasteiger partial charge in [-0.15, -0.1) is 0 Å². The topological polar surface area (TPSA) is 55.1 Å². The minimum atomic E-state index is 0.0675. The van der Waals surface area contributed by atoms with Crippen LogP contribution in [0.5, 0.6) is 0 Å². The summed E-state index contributed by atoms with van der Waals surface area (Å²) in [5.41, 5.74) is 7.75. The van der Waals surface area contributed by atoms with E-state index in [1.807, 2.05) is 31.2 Å². The lowest BCUT2D eigenvalue weighted by Crippen LogP contribution is -2.22. The molecule has 0 spiro atoms. The molecule has 18 heavy (non-hydrogen) atoms. The minimum absolute atomic E-state index is 0.0675. The normalized spacial score (nSPS) is 12.5. The van der Waals surface area contributed by atoms with Crippen LogP contribution in [0.2, 0.25) is 0 Å². The minimum Gasteiger partial charge on any atom is -0.330 e. The van der Waals surface area contributed by atoms with Crippen molar-refractivity contribution in [2.75, 3.05) is 11.9 Å². The first kappa shape index (κ1) is 14.7. The third-order valence-electron chi connectivity index (χ3n) is 3.32. The molecular formula is C15H24N2O. The van der Waals surface area contributed by atoms with Crippen molar-refractivity contribution in [3.8, 4) is 0 Å². The van der Waals surface area contributed by atoms with Gasteiger partial charge in [-0.1, -0.05) is 31.5 Å². The molecule has 1 atom stereocenters. The average Bonchev–Trinajstić information content (AvgIpc) is 2.32. The van der Waals surface area contributed by atoms with Crippen LogP contribution in [0.3, 0.4) is 0 Å². The molecule has 0 aliphatic rings. The van der Waals surface area contributed by atoms with Gasteiger partial charge in [-0.25, -0.2) is 0 Å². The zero-order valence-corrected chi connectivity index (χ0v) is 11.6. The van der Waals surface area contributed by atoms with Crippen molar-refractivity contribution >= 4 is 11.6 Å². The number of rotatable bonds is 6. The molecule has 3 nitrogen and oxygen atoms in total. The van der Waals surface area contributed by atoms with Crippen molar-refractivity contribution < 1.29 is 4.79 Å². The van der Waals surface area contributed by atoms with Crippen LogP contribution < -0.4 is 11.1 Å². The second-order valence-corrected chi connectivity index (χ2v) is 5.19. The molecule has 1 aromatic carbocycles. The molecular weight excluding hydrogens is 224 g/mol. The van der Waals surface area contributed by atoms with Gasteiger partial charge in [0.2, 0.25) is 5.91 Å². The van der Waals surface area contributed by atoms with Crippen LogP contribution in [0.25, 0.3) is 0 Å². The summed E-state index contributed by atoms with van der Waals surface area (Å²) in [5.74, 6) is 1.02. The molecule has 0 fully saturated rings. The summed E-state index contributed by atoms with van der Waals surface area (Å²) >= 11 is 0. The van der Waals surface area contributed by atoms with Crippen molar-refractivity contribution in [3.63, 3.8) is 0 Å². The first-order chi connectivity index (χ1) is 8.52. The van der Waals surface area contributed by atoms with E-state index in [0.717, 1.165) is 12.1 Å². The highest BCUT2D eigenvalue weighted by Gasteiger charge is 2.13. The third kappa shape index (κ3) is 4.88. The van der Waals surface area contributed by atoms with Crippen LogP contribution in [-0.2, 0) is 4.79 Å². The summed E-state index contributed by atoms with van der Waals surface area (Å²) in [6.45, 7) is 6.97. The number of nitrogens with one attached hydrogen (secondary N) is 1.